The maximum Gasteiger partial charge on any atom is 0.212 e. The molecule has 3 aromatic carbocycles. The van der Waals surface area contributed by atoms with Gasteiger partial charge in [0.25, 0.3) is 0 Å². The average molecular weight is 504 g/mol. The molecule has 0 N–H and O–H groups in total. The molecule has 1 fully saturated rings. The van der Waals surface area contributed by atoms with Crippen LogP contribution in [0.15, 0.2) is 47.4 Å². The number of hydrogen-bond acceptors (Lipinski definition) is 4. The van der Waals surface area contributed by atoms with E-state index in [1.807, 2.05) is 24.3 Å². The van der Waals surface area contributed by atoms with E-state index in [0.717, 1.165) is 22.1 Å². The number of rotatable bonds is 4. The molecule has 176 valence electrons. The predicted octanol–water partition coefficient (Wildman–Crippen LogP) is 4.72. The zero-order valence-electron chi connectivity index (χ0n) is 16.9. The molecular weight excluding hydrogens is 487 g/mol. The molecule has 1 heterocycles. The third-order valence-electron chi connectivity index (χ3n) is 4.96. The number of carbonyl (C=O) groups excluding carboxylic acids is 1. The molecule has 0 bridgehead atoms. The highest BCUT2D eigenvalue weighted by molar-refractivity contribution is 7.97. The molecule has 0 radical (unpaired) electrons. The number of ketones is 1. The SMILES string of the molecule is O=C(C[S+]1CCCC1)c1cccc2ccccc12.O=S(=O)([O-])c1c(F)c(F)c(F)c(F)c1F. The van der Waals surface area contributed by atoms with E-state index in [4.69, 9.17) is 0 Å². The first-order chi connectivity index (χ1) is 15.5. The van der Waals surface area contributed by atoms with Crippen LogP contribution in [-0.2, 0) is 21.0 Å². The van der Waals surface area contributed by atoms with Crippen molar-refractivity contribution in [3.63, 3.8) is 0 Å². The lowest BCUT2D eigenvalue weighted by Crippen LogP contribution is -2.18. The maximum atomic E-state index is 12.6. The van der Waals surface area contributed by atoms with Crippen molar-refractivity contribution in [2.45, 2.75) is 17.7 Å². The fraction of sp³-hybridized carbons (Fsp3) is 0.227. The third kappa shape index (κ3) is 5.53. The first-order valence-corrected chi connectivity index (χ1v) is 12.8. The Morgan fingerprint density at radius 3 is 1.91 bits per heavy atom. The van der Waals surface area contributed by atoms with E-state index >= 15 is 0 Å². The average Bonchev–Trinajstić information content (AvgIpc) is 3.28. The molecule has 0 aliphatic carbocycles. The molecule has 0 saturated carbocycles. The Labute approximate surface area is 189 Å². The highest BCUT2D eigenvalue weighted by atomic mass is 32.2. The summed E-state index contributed by atoms with van der Waals surface area (Å²) < 4.78 is 92.9. The van der Waals surface area contributed by atoms with Crippen molar-refractivity contribution in [1.82, 2.24) is 0 Å². The Morgan fingerprint density at radius 1 is 0.818 bits per heavy atom. The van der Waals surface area contributed by atoms with Gasteiger partial charge in [-0.25, -0.2) is 30.4 Å². The molecular formula is C22H17F5O4S2. The van der Waals surface area contributed by atoms with Crippen LogP contribution in [0.25, 0.3) is 10.8 Å². The van der Waals surface area contributed by atoms with Crippen molar-refractivity contribution >= 4 is 37.6 Å². The normalized spacial score (nSPS) is 14.2. The van der Waals surface area contributed by atoms with Crippen LogP contribution in [0.2, 0.25) is 0 Å². The molecule has 3 aromatic rings. The summed E-state index contributed by atoms with van der Waals surface area (Å²) in [7, 11) is -5.42. The van der Waals surface area contributed by atoms with Crippen molar-refractivity contribution in [2.75, 3.05) is 17.3 Å². The van der Waals surface area contributed by atoms with E-state index in [1.54, 1.807) is 0 Å². The topological polar surface area (TPSA) is 74.3 Å². The van der Waals surface area contributed by atoms with Gasteiger partial charge in [-0.2, -0.15) is 0 Å². The first-order valence-electron chi connectivity index (χ1n) is 9.64. The molecule has 0 unspecified atom stereocenters. The molecule has 1 aliphatic rings. The van der Waals surface area contributed by atoms with E-state index in [2.05, 4.69) is 18.2 Å². The number of carbonyl (C=O) groups is 1. The Balaban J connectivity index is 0.000000190. The Bertz CT molecular complexity index is 1270. The lowest BCUT2D eigenvalue weighted by Gasteiger charge is -2.10. The molecule has 0 aromatic heterocycles. The van der Waals surface area contributed by atoms with E-state index in [9.17, 15) is 39.7 Å². The van der Waals surface area contributed by atoms with Crippen LogP contribution in [-0.4, -0.2) is 36.0 Å². The van der Waals surface area contributed by atoms with Crippen molar-refractivity contribution in [3.05, 3.63) is 77.1 Å². The number of halogens is 5. The molecule has 0 spiro atoms. The van der Waals surface area contributed by atoms with Crippen LogP contribution < -0.4 is 0 Å². The summed E-state index contributed by atoms with van der Waals surface area (Å²) in [6, 6.07) is 14.2. The Hall–Kier alpha value is -2.50. The Kier molecular flexibility index (Phi) is 7.76. The number of benzene rings is 3. The lowest BCUT2D eigenvalue weighted by molar-refractivity contribution is 0.102. The molecule has 0 atom stereocenters. The largest absolute Gasteiger partial charge is 0.744 e. The van der Waals surface area contributed by atoms with Gasteiger partial charge in [-0.15, -0.1) is 0 Å². The second kappa shape index (κ2) is 10.2. The number of fused-ring (bicyclic) bond motifs is 1. The highest BCUT2D eigenvalue weighted by Crippen LogP contribution is 2.26. The minimum Gasteiger partial charge on any atom is -0.744 e. The van der Waals surface area contributed by atoms with Crippen molar-refractivity contribution in [3.8, 4) is 0 Å². The van der Waals surface area contributed by atoms with Crippen molar-refractivity contribution < 1.29 is 39.7 Å². The van der Waals surface area contributed by atoms with Crippen LogP contribution in [0.1, 0.15) is 23.2 Å². The number of Topliss-reactive ketones (excluding diaryl/α,β-unsaturated/α-hetero) is 1. The van der Waals surface area contributed by atoms with Gasteiger partial charge in [0.05, 0.1) is 0 Å². The van der Waals surface area contributed by atoms with E-state index in [0.29, 0.717) is 16.7 Å². The van der Waals surface area contributed by atoms with Crippen LogP contribution >= 0.6 is 0 Å². The van der Waals surface area contributed by atoms with E-state index in [1.165, 1.54) is 24.3 Å². The van der Waals surface area contributed by atoms with E-state index < -0.39 is 44.1 Å². The zero-order chi connectivity index (χ0) is 24.3. The van der Waals surface area contributed by atoms with Gasteiger partial charge in [0.2, 0.25) is 11.6 Å². The summed E-state index contributed by atoms with van der Waals surface area (Å²) in [5.41, 5.74) is 0.910. The second-order valence-electron chi connectivity index (χ2n) is 7.18. The molecule has 33 heavy (non-hydrogen) atoms. The smallest absolute Gasteiger partial charge is 0.212 e. The van der Waals surface area contributed by atoms with Crippen molar-refractivity contribution in [2.24, 2.45) is 0 Å². The van der Waals surface area contributed by atoms with Gasteiger partial charge in [0.1, 0.15) is 26.5 Å². The van der Waals surface area contributed by atoms with Gasteiger partial charge < -0.3 is 4.55 Å². The van der Waals surface area contributed by atoms with Gasteiger partial charge in [0, 0.05) is 5.56 Å². The van der Waals surface area contributed by atoms with Crippen molar-refractivity contribution in [1.29, 1.82) is 0 Å². The van der Waals surface area contributed by atoms with Crippen LogP contribution in [0, 0.1) is 29.1 Å². The maximum absolute atomic E-state index is 12.6. The molecule has 1 aliphatic heterocycles. The molecule has 11 heteroatoms. The summed E-state index contributed by atoms with van der Waals surface area (Å²) in [5, 5.41) is 2.27. The molecule has 1 saturated heterocycles. The standard InChI is InChI=1S/C16H17OS.C6HF5O3S/c17-16(12-18-10-3-4-11-18)15-9-5-7-13-6-1-2-8-14(13)15;7-1-2(8)4(10)6(15(12,13)14)5(11)3(1)9/h1-2,5-9H,3-4,10-12H2;(H,12,13,14)/q+1;/p-1. The molecule has 0 amide bonds. The van der Waals surface area contributed by atoms with E-state index in [-0.39, 0.29) is 0 Å². The van der Waals surface area contributed by atoms with Crippen LogP contribution in [0.3, 0.4) is 0 Å². The second-order valence-corrected chi connectivity index (χ2v) is 10.8. The summed E-state index contributed by atoms with van der Waals surface area (Å²) in [4.78, 5) is 10.0. The fourth-order valence-corrected chi connectivity index (χ4v) is 6.26. The molecule has 4 nitrogen and oxygen atoms in total. The summed E-state index contributed by atoms with van der Waals surface area (Å²) in [6.45, 7) is 0. The zero-order valence-corrected chi connectivity index (χ0v) is 18.5. The molecule has 4 rings (SSSR count). The lowest BCUT2D eigenvalue weighted by atomic mass is 10.0. The van der Waals surface area contributed by atoms with Crippen LogP contribution in [0.5, 0.6) is 0 Å². The first kappa shape index (κ1) is 25.1. The fourth-order valence-electron chi connectivity index (χ4n) is 3.39. The summed E-state index contributed by atoms with van der Waals surface area (Å²) >= 11 is 0. The predicted molar refractivity (Wildman–Crippen MR) is 114 cm³/mol. The van der Waals surface area contributed by atoms with Gasteiger partial charge in [0.15, 0.2) is 29.0 Å². The Morgan fingerprint density at radius 2 is 1.33 bits per heavy atom. The van der Waals surface area contributed by atoms with Gasteiger partial charge >= 0.3 is 0 Å². The summed E-state index contributed by atoms with van der Waals surface area (Å²) in [6.07, 6.45) is 2.62. The quantitative estimate of drug-likeness (QED) is 0.129. The monoisotopic (exact) mass is 504 g/mol. The van der Waals surface area contributed by atoms with Crippen LogP contribution in [0.4, 0.5) is 22.0 Å². The van der Waals surface area contributed by atoms with Gasteiger partial charge in [-0.1, -0.05) is 42.5 Å². The highest BCUT2D eigenvalue weighted by Gasteiger charge is 2.29. The minimum atomic E-state index is -5.77. The number of hydrogen-bond donors (Lipinski definition) is 0. The third-order valence-corrected chi connectivity index (χ3v) is 8.22. The van der Waals surface area contributed by atoms with Gasteiger partial charge in [-0.3, -0.25) is 4.79 Å². The summed E-state index contributed by atoms with van der Waals surface area (Å²) in [5.74, 6) is -9.22. The van der Waals surface area contributed by atoms with Gasteiger partial charge in [-0.05, 0) is 34.5 Å². The minimum absolute atomic E-state index is 0.331.